The molecule has 0 radical (unpaired) electrons. The van der Waals surface area contributed by atoms with Gasteiger partial charge in [-0.2, -0.15) is 5.26 Å². The van der Waals surface area contributed by atoms with E-state index in [1.807, 2.05) is 4.90 Å². The zero-order valence-electron chi connectivity index (χ0n) is 16.1. The van der Waals surface area contributed by atoms with Crippen LogP contribution in [0, 0.1) is 31.1 Å². The summed E-state index contributed by atoms with van der Waals surface area (Å²) in [6.45, 7) is 5.63. The van der Waals surface area contributed by atoms with Crippen LogP contribution in [0.3, 0.4) is 0 Å². The quantitative estimate of drug-likeness (QED) is 0.898. The maximum absolute atomic E-state index is 12.7. The van der Waals surface area contributed by atoms with Gasteiger partial charge in [-0.3, -0.25) is 9.78 Å². The van der Waals surface area contributed by atoms with Gasteiger partial charge in [0.2, 0.25) is 5.91 Å². The predicted molar refractivity (Wildman–Crippen MR) is 106 cm³/mol. The predicted octanol–water partition coefficient (Wildman–Crippen LogP) is 3.93. The van der Waals surface area contributed by atoms with Gasteiger partial charge in [-0.05, 0) is 44.7 Å². The lowest BCUT2D eigenvalue weighted by atomic mass is 10.0. The standard InChI is InChI=1S/C22H26N4O/c1-14-9-15(2)20-19(10-14)21(17(11-23)12-24-20)25-18-7-8-26(13-18)22(27)16-5-3-4-6-16/h9-10,12,16,18H,3-8,13H2,1-2H3,(H,24,25). The van der Waals surface area contributed by atoms with E-state index in [1.54, 1.807) is 6.20 Å². The van der Waals surface area contributed by atoms with Crippen LogP contribution >= 0.6 is 0 Å². The van der Waals surface area contributed by atoms with Crippen molar-refractivity contribution in [1.29, 1.82) is 5.26 Å². The minimum Gasteiger partial charge on any atom is -0.379 e. The number of hydrogen-bond donors (Lipinski definition) is 1. The van der Waals surface area contributed by atoms with Crippen molar-refractivity contribution in [3.05, 3.63) is 35.0 Å². The molecular formula is C22H26N4O. The van der Waals surface area contributed by atoms with Crippen molar-refractivity contribution in [2.24, 2.45) is 5.92 Å². The van der Waals surface area contributed by atoms with Gasteiger partial charge in [-0.25, -0.2) is 0 Å². The third kappa shape index (κ3) is 3.37. The Hall–Kier alpha value is -2.61. The lowest BCUT2D eigenvalue weighted by molar-refractivity contribution is -0.134. The number of anilines is 1. The highest BCUT2D eigenvalue weighted by Crippen LogP contribution is 2.32. The summed E-state index contributed by atoms with van der Waals surface area (Å²) in [5.41, 5.74) is 4.62. The van der Waals surface area contributed by atoms with E-state index in [4.69, 9.17) is 0 Å². The molecule has 1 amide bonds. The van der Waals surface area contributed by atoms with Gasteiger partial charge in [0, 0.05) is 36.6 Å². The summed E-state index contributed by atoms with van der Waals surface area (Å²) in [5.74, 6) is 0.550. The molecule has 27 heavy (non-hydrogen) atoms. The summed E-state index contributed by atoms with van der Waals surface area (Å²) >= 11 is 0. The Bertz CT molecular complexity index is 924. The summed E-state index contributed by atoms with van der Waals surface area (Å²) in [5, 5.41) is 14.1. The zero-order chi connectivity index (χ0) is 19.0. The summed E-state index contributed by atoms with van der Waals surface area (Å²) in [7, 11) is 0. The molecule has 1 aliphatic heterocycles. The number of amides is 1. The van der Waals surface area contributed by atoms with Crippen molar-refractivity contribution in [1.82, 2.24) is 9.88 Å². The van der Waals surface area contributed by atoms with Crippen molar-refractivity contribution in [2.75, 3.05) is 18.4 Å². The van der Waals surface area contributed by atoms with Crippen LogP contribution in [0.5, 0.6) is 0 Å². The average molecular weight is 362 g/mol. The maximum Gasteiger partial charge on any atom is 0.225 e. The number of benzene rings is 1. The number of pyridine rings is 1. The second-order valence-corrected chi connectivity index (χ2v) is 8.03. The summed E-state index contributed by atoms with van der Waals surface area (Å²) in [4.78, 5) is 19.2. The fraction of sp³-hybridized carbons (Fsp3) is 0.500. The first-order valence-corrected chi connectivity index (χ1v) is 9.92. The number of fused-ring (bicyclic) bond motifs is 1. The van der Waals surface area contributed by atoms with Gasteiger partial charge in [0.05, 0.1) is 16.8 Å². The monoisotopic (exact) mass is 362 g/mol. The van der Waals surface area contributed by atoms with E-state index in [1.165, 1.54) is 12.8 Å². The molecule has 2 heterocycles. The molecule has 0 spiro atoms. The first-order chi connectivity index (χ1) is 13.1. The Labute approximate surface area is 160 Å². The van der Waals surface area contributed by atoms with Crippen molar-refractivity contribution < 1.29 is 4.79 Å². The molecule has 140 valence electrons. The van der Waals surface area contributed by atoms with Crippen molar-refractivity contribution in [3.8, 4) is 6.07 Å². The Kier molecular flexibility index (Phi) is 4.73. The molecule has 0 bridgehead atoms. The van der Waals surface area contributed by atoms with Crippen LogP contribution in [0.15, 0.2) is 18.3 Å². The van der Waals surface area contributed by atoms with E-state index in [2.05, 4.69) is 42.4 Å². The highest BCUT2D eigenvalue weighted by Gasteiger charge is 2.32. The van der Waals surface area contributed by atoms with E-state index in [-0.39, 0.29) is 12.0 Å². The third-order valence-corrected chi connectivity index (χ3v) is 5.98. The Morgan fingerprint density at radius 2 is 2.04 bits per heavy atom. The van der Waals surface area contributed by atoms with Crippen LogP contribution in [-0.2, 0) is 4.79 Å². The average Bonchev–Trinajstić information content (AvgIpc) is 3.33. The minimum atomic E-state index is 0.175. The molecule has 1 aromatic carbocycles. The van der Waals surface area contributed by atoms with Gasteiger partial charge >= 0.3 is 0 Å². The van der Waals surface area contributed by atoms with Crippen LogP contribution in [-0.4, -0.2) is 34.9 Å². The first kappa shape index (κ1) is 17.8. The SMILES string of the molecule is Cc1cc(C)c2ncc(C#N)c(NC3CCN(C(=O)C4CCCC4)C3)c2c1. The number of carbonyl (C=O) groups is 1. The van der Waals surface area contributed by atoms with Gasteiger partial charge in [0.1, 0.15) is 6.07 Å². The minimum absolute atomic E-state index is 0.175. The van der Waals surface area contributed by atoms with E-state index in [9.17, 15) is 10.1 Å². The van der Waals surface area contributed by atoms with E-state index >= 15 is 0 Å². The van der Waals surface area contributed by atoms with Gasteiger partial charge in [0.25, 0.3) is 0 Å². The van der Waals surface area contributed by atoms with Gasteiger partial charge in [0.15, 0.2) is 0 Å². The second kappa shape index (κ2) is 7.19. The molecule has 1 aliphatic carbocycles. The number of aryl methyl sites for hydroxylation is 2. The zero-order valence-corrected chi connectivity index (χ0v) is 16.1. The normalized spacial score (nSPS) is 20.2. The molecule has 2 aliphatic rings. The number of likely N-dealkylation sites (tertiary alicyclic amines) is 1. The molecule has 4 rings (SSSR count). The van der Waals surface area contributed by atoms with E-state index in [0.717, 1.165) is 60.1 Å². The summed E-state index contributed by atoms with van der Waals surface area (Å²) < 4.78 is 0. The Balaban J connectivity index is 1.58. The second-order valence-electron chi connectivity index (χ2n) is 8.03. The molecule has 2 aromatic rings. The summed E-state index contributed by atoms with van der Waals surface area (Å²) in [6, 6.07) is 6.65. The van der Waals surface area contributed by atoms with Gasteiger partial charge in [-0.15, -0.1) is 0 Å². The molecule has 1 N–H and O–H groups in total. The van der Waals surface area contributed by atoms with Crippen molar-refractivity contribution >= 4 is 22.5 Å². The number of aromatic nitrogens is 1. The van der Waals surface area contributed by atoms with Crippen molar-refractivity contribution in [2.45, 2.75) is 52.0 Å². The molecule has 1 unspecified atom stereocenters. The lowest BCUT2D eigenvalue weighted by Crippen LogP contribution is -2.35. The molecule has 1 saturated carbocycles. The van der Waals surface area contributed by atoms with Crippen LogP contribution in [0.25, 0.3) is 10.9 Å². The molecule has 1 saturated heterocycles. The van der Waals surface area contributed by atoms with Gasteiger partial charge in [-0.1, -0.05) is 24.5 Å². The highest BCUT2D eigenvalue weighted by atomic mass is 16.2. The molecule has 1 atom stereocenters. The van der Waals surface area contributed by atoms with Gasteiger partial charge < -0.3 is 10.2 Å². The third-order valence-electron chi connectivity index (χ3n) is 5.98. The Morgan fingerprint density at radius 3 is 2.78 bits per heavy atom. The van der Waals surface area contributed by atoms with Crippen LogP contribution in [0.4, 0.5) is 5.69 Å². The lowest BCUT2D eigenvalue weighted by Gasteiger charge is -2.22. The van der Waals surface area contributed by atoms with Crippen LogP contribution < -0.4 is 5.32 Å². The van der Waals surface area contributed by atoms with Crippen LogP contribution in [0.1, 0.15) is 48.8 Å². The molecule has 5 nitrogen and oxygen atoms in total. The molecular weight excluding hydrogens is 336 g/mol. The van der Waals surface area contributed by atoms with E-state index in [0.29, 0.717) is 11.5 Å². The summed E-state index contributed by atoms with van der Waals surface area (Å²) in [6.07, 6.45) is 7.01. The fourth-order valence-electron chi connectivity index (χ4n) is 4.61. The number of nitrogens with zero attached hydrogens (tertiary/aromatic N) is 3. The number of carbonyl (C=O) groups excluding carboxylic acids is 1. The van der Waals surface area contributed by atoms with Crippen LogP contribution in [0.2, 0.25) is 0 Å². The van der Waals surface area contributed by atoms with Crippen molar-refractivity contribution in [3.63, 3.8) is 0 Å². The smallest absolute Gasteiger partial charge is 0.225 e. The highest BCUT2D eigenvalue weighted by molar-refractivity contribution is 5.96. The molecule has 1 aromatic heterocycles. The molecule has 5 heteroatoms. The van der Waals surface area contributed by atoms with E-state index < -0.39 is 0 Å². The largest absolute Gasteiger partial charge is 0.379 e. The number of nitriles is 1. The first-order valence-electron chi connectivity index (χ1n) is 9.92. The Morgan fingerprint density at radius 1 is 1.26 bits per heavy atom. The topological polar surface area (TPSA) is 69.0 Å². The number of hydrogen-bond acceptors (Lipinski definition) is 4. The molecule has 2 fully saturated rings. The number of rotatable bonds is 3. The maximum atomic E-state index is 12.7. The fourth-order valence-corrected chi connectivity index (χ4v) is 4.61. The number of nitrogens with one attached hydrogen (secondary N) is 1.